The number of nitrogens with zero attached hydrogens (tertiary/aromatic N) is 2. The highest BCUT2D eigenvalue weighted by molar-refractivity contribution is 5.83. The fourth-order valence-corrected chi connectivity index (χ4v) is 2.80. The van der Waals surface area contributed by atoms with Gasteiger partial charge in [-0.25, -0.2) is 0 Å². The number of hydrogen-bond donors (Lipinski definition) is 1. The summed E-state index contributed by atoms with van der Waals surface area (Å²) >= 11 is 0. The Hall–Kier alpha value is -1.79. The Morgan fingerprint density at radius 2 is 1.64 bits per heavy atom. The molecule has 1 aromatic rings. The molecule has 120 valence electrons. The number of morpholine rings is 2. The van der Waals surface area contributed by atoms with Crippen LogP contribution in [0.4, 0.5) is 11.4 Å². The molecule has 0 spiro atoms. The second-order valence-electron chi connectivity index (χ2n) is 5.46. The molecule has 2 aliphatic rings. The Balaban J connectivity index is 1.60. The van der Waals surface area contributed by atoms with E-state index in [0.29, 0.717) is 32.8 Å². The van der Waals surface area contributed by atoms with Gasteiger partial charge in [0.25, 0.3) is 0 Å². The van der Waals surface area contributed by atoms with Crippen LogP contribution in [0.5, 0.6) is 0 Å². The summed E-state index contributed by atoms with van der Waals surface area (Å²) in [5, 5.41) is 3.29. The summed E-state index contributed by atoms with van der Waals surface area (Å²) in [4.78, 5) is 16.4. The number of rotatable bonds is 4. The van der Waals surface area contributed by atoms with Crippen LogP contribution in [-0.2, 0) is 14.3 Å². The van der Waals surface area contributed by atoms with Crippen LogP contribution in [0.1, 0.15) is 0 Å². The Labute approximate surface area is 131 Å². The van der Waals surface area contributed by atoms with E-state index >= 15 is 0 Å². The maximum Gasteiger partial charge on any atom is 0.242 e. The molecule has 1 amide bonds. The molecule has 0 aliphatic carbocycles. The van der Waals surface area contributed by atoms with Gasteiger partial charge in [0.05, 0.1) is 44.3 Å². The highest BCUT2D eigenvalue weighted by atomic mass is 16.5. The first-order valence-corrected chi connectivity index (χ1v) is 7.86. The lowest BCUT2D eigenvalue weighted by molar-refractivity contribution is -0.133. The van der Waals surface area contributed by atoms with E-state index in [-0.39, 0.29) is 5.91 Å². The van der Waals surface area contributed by atoms with E-state index in [0.717, 1.165) is 37.7 Å². The molecule has 2 saturated heterocycles. The van der Waals surface area contributed by atoms with Gasteiger partial charge in [-0.2, -0.15) is 0 Å². The number of para-hydroxylation sites is 2. The second-order valence-corrected chi connectivity index (χ2v) is 5.46. The van der Waals surface area contributed by atoms with Gasteiger partial charge in [-0.15, -0.1) is 0 Å². The molecule has 6 nitrogen and oxygen atoms in total. The van der Waals surface area contributed by atoms with Crippen LogP contribution in [-0.4, -0.2) is 70.0 Å². The number of carbonyl (C=O) groups excluding carboxylic acids is 1. The van der Waals surface area contributed by atoms with E-state index < -0.39 is 0 Å². The molecular formula is C16H23N3O3. The van der Waals surface area contributed by atoms with Crippen LogP contribution < -0.4 is 10.2 Å². The van der Waals surface area contributed by atoms with Gasteiger partial charge in [-0.3, -0.25) is 4.79 Å². The van der Waals surface area contributed by atoms with Gasteiger partial charge < -0.3 is 24.6 Å². The summed E-state index contributed by atoms with van der Waals surface area (Å²) < 4.78 is 10.7. The third-order valence-electron chi connectivity index (χ3n) is 4.05. The Morgan fingerprint density at radius 3 is 2.36 bits per heavy atom. The molecule has 0 unspecified atom stereocenters. The highest BCUT2D eigenvalue weighted by Crippen LogP contribution is 2.26. The molecule has 2 heterocycles. The van der Waals surface area contributed by atoms with E-state index in [9.17, 15) is 4.79 Å². The van der Waals surface area contributed by atoms with Crippen molar-refractivity contribution in [3.05, 3.63) is 24.3 Å². The number of nitrogens with one attached hydrogen (secondary N) is 1. The van der Waals surface area contributed by atoms with Crippen molar-refractivity contribution in [2.75, 3.05) is 69.4 Å². The van der Waals surface area contributed by atoms with Crippen molar-refractivity contribution >= 4 is 17.3 Å². The number of amides is 1. The van der Waals surface area contributed by atoms with E-state index in [4.69, 9.17) is 9.47 Å². The molecule has 22 heavy (non-hydrogen) atoms. The lowest BCUT2D eigenvalue weighted by Crippen LogP contribution is -2.43. The Kier molecular flexibility index (Phi) is 5.13. The molecular weight excluding hydrogens is 282 g/mol. The minimum absolute atomic E-state index is 0.125. The third-order valence-corrected chi connectivity index (χ3v) is 4.05. The van der Waals surface area contributed by atoms with Crippen LogP contribution in [0.2, 0.25) is 0 Å². The Bertz CT molecular complexity index is 497. The lowest BCUT2D eigenvalue weighted by atomic mass is 10.2. The van der Waals surface area contributed by atoms with Crippen molar-refractivity contribution in [3.63, 3.8) is 0 Å². The number of benzene rings is 1. The van der Waals surface area contributed by atoms with Gasteiger partial charge >= 0.3 is 0 Å². The molecule has 2 aliphatic heterocycles. The highest BCUT2D eigenvalue weighted by Gasteiger charge is 2.18. The van der Waals surface area contributed by atoms with Crippen molar-refractivity contribution in [1.29, 1.82) is 0 Å². The van der Waals surface area contributed by atoms with Crippen LogP contribution in [0.15, 0.2) is 24.3 Å². The standard InChI is InChI=1S/C16H23N3O3/c20-16(19-7-11-22-12-8-19)13-17-14-3-1-2-4-15(14)18-5-9-21-10-6-18/h1-4,17H,5-13H2. The molecule has 0 bridgehead atoms. The second kappa shape index (κ2) is 7.47. The van der Waals surface area contributed by atoms with Crippen LogP contribution in [0.3, 0.4) is 0 Å². The zero-order valence-corrected chi connectivity index (χ0v) is 12.8. The van der Waals surface area contributed by atoms with Gasteiger partial charge in [0.2, 0.25) is 5.91 Å². The molecule has 3 rings (SSSR count). The average Bonchev–Trinajstić information content (AvgIpc) is 2.61. The third kappa shape index (κ3) is 3.69. The van der Waals surface area contributed by atoms with Crippen LogP contribution >= 0.6 is 0 Å². The van der Waals surface area contributed by atoms with Gasteiger partial charge in [-0.1, -0.05) is 12.1 Å². The van der Waals surface area contributed by atoms with E-state index in [1.807, 2.05) is 23.1 Å². The monoisotopic (exact) mass is 305 g/mol. The first kappa shape index (κ1) is 15.1. The van der Waals surface area contributed by atoms with Gasteiger partial charge in [0.1, 0.15) is 0 Å². The summed E-state index contributed by atoms with van der Waals surface area (Å²) in [6.07, 6.45) is 0. The first-order chi connectivity index (χ1) is 10.8. The van der Waals surface area contributed by atoms with Gasteiger partial charge in [-0.05, 0) is 12.1 Å². The van der Waals surface area contributed by atoms with Crippen molar-refractivity contribution in [1.82, 2.24) is 4.90 Å². The molecule has 0 aromatic heterocycles. The number of ether oxygens (including phenoxy) is 2. The zero-order valence-electron chi connectivity index (χ0n) is 12.8. The average molecular weight is 305 g/mol. The molecule has 0 atom stereocenters. The SMILES string of the molecule is O=C(CNc1ccccc1N1CCOCC1)N1CCOCC1. The quantitative estimate of drug-likeness (QED) is 0.891. The molecule has 1 N–H and O–H groups in total. The van der Waals surface area contributed by atoms with E-state index in [1.165, 1.54) is 0 Å². The summed E-state index contributed by atoms with van der Waals surface area (Å²) in [6, 6.07) is 8.13. The van der Waals surface area contributed by atoms with Crippen molar-refractivity contribution in [3.8, 4) is 0 Å². The zero-order chi connectivity index (χ0) is 15.2. The number of carbonyl (C=O) groups is 1. The fraction of sp³-hybridized carbons (Fsp3) is 0.562. The van der Waals surface area contributed by atoms with Crippen LogP contribution in [0, 0.1) is 0 Å². The molecule has 1 aromatic carbocycles. The first-order valence-electron chi connectivity index (χ1n) is 7.86. The maximum absolute atomic E-state index is 12.2. The molecule has 0 saturated carbocycles. The summed E-state index contributed by atoms with van der Waals surface area (Å²) in [5.41, 5.74) is 2.14. The molecule has 2 fully saturated rings. The normalized spacial score (nSPS) is 19.1. The predicted molar refractivity (Wildman–Crippen MR) is 85.4 cm³/mol. The summed E-state index contributed by atoms with van der Waals surface area (Å²) in [6.45, 7) is 6.24. The minimum atomic E-state index is 0.125. The van der Waals surface area contributed by atoms with Crippen molar-refractivity contribution < 1.29 is 14.3 Å². The van der Waals surface area contributed by atoms with Crippen molar-refractivity contribution in [2.24, 2.45) is 0 Å². The molecule has 0 radical (unpaired) electrons. The van der Waals surface area contributed by atoms with Crippen LogP contribution in [0.25, 0.3) is 0 Å². The van der Waals surface area contributed by atoms with E-state index in [1.54, 1.807) is 0 Å². The summed E-state index contributed by atoms with van der Waals surface area (Å²) in [7, 11) is 0. The fourth-order valence-electron chi connectivity index (χ4n) is 2.80. The summed E-state index contributed by atoms with van der Waals surface area (Å²) in [5.74, 6) is 0.125. The smallest absolute Gasteiger partial charge is 0.242 e. The minimum Gasteiger partial charge on any atom is -0.378 e. The van der Waals surface area contributed by atoms with Crippen molar-refractivity contribution in [2.45, 2.75) is 0 Å². The predicted octanol–water partition coefficient (Wildman–Crippen LogP) is 0.794. The van der Waals surface area contributed by atoms with E-state index in [2.05, 4.69) is 16.3 Å². The molecule has 6 heteroatoms. The van der Waals surface area contributed by atoms with Gasteiger partial charge in [0.15, 0.2) is 0 Å². The number of hydrogen-bond acceptors (Lipinski definition) is 5. The largest absolute Gasteiger partial charge is 0.378 e. The maximum atomic E-state index is 12.2. The lowest BCUT2D eigenvalue weighted by Gasteiger charge is -2.31. The number of anilines is 2. The van der Waals surface area contributed by atoms with Gasteiger partial charge in [0, 0.05) is 26.2 Å². The Morgan fingerprint density at radius 1 is 1.00 bits per heavy atom. The topological polar surface area (TPSA) is 54.0 Å².